The van der Waals surface area contributed by atoms with Gasteiger partial charge in [-0.2, -0.15) is 15.8 Å². The monoisotopic (exact) mass is 2010 g/mol. The standard InChI is InChI=1S/C19H17FN2O2.C19H18N2O2.C18H16N2O2.2C15H14N2O3.C15H14N2O2S.C14H14N2OS/c1-4-22-17-10-13(23-2)6-7-14(17)15(11-21)19(22)12-5-8-18(24-3)16(20)9-12;1-4-23-14-7-5-13(6-8-14)19-17(12-20)16-10-9-15(22-3)11-18(16)21(19)2;1-20-17-10-14(22-3)8-9-15(17)16(11-19)18(20)12-4-6-13(21-2)7-5-12;1-3-17-8-12(14-7-16-9-20-14)11-5-4-10(6-13(11)17)15(18)19-2;2*1-3-17-9-12(14-16-6-7-20-14)11-5-4-10(8-13(11)17)15(18)19-2;1-3-16-9-12(14-15-6-7-18-14)11-5-4-10(17-2)8-13(11)16/h5-10H,4H2,1-3H3;5-11H,4H2,1-3H3;4-10H,1-3H3;3*4-9H,3H2,1-2H3;4-9H,3H2,1-2H3. The van der Waals surface area contributed by atoms with Crippen LogP contribution >= 0.6 is 22.7 Å². The summed E-state index contributed by atoms with van der Waals surface area (Å²) in [6.45, 7) is 16.9. The van der Waals surface area contributed by atoms with E-state index in [1.807, 2.05) is 224 Å². The van der Waals surface area contributed by atoms with Gasteiger partial charge in [0.1, 0.15) is 69.0 Å². The lowest BCUT2D eigenvalue weighted by Crippen LogP contribution is -2.01. The van der Waals surface area contributed by atoms with E-state index in [0.29, 0.717) is 75.2 Å². The molecule has 0 unspecified atom stereocenters. The van der Waals surface area contributed by atoms with Gasteiger partial charge in [0.15, 0.2) is 23.7 Å². The number of carbonyl (C=O) groups excluding carboxylic acids is 3. The Morgan fingerprint density at radius 3 is 1.12 bits per heavy atom. The van der Waals surface area contributed by atoms with Crippen LogP contribution in [-0.4, -0.2) is 140 Å². The molecule has 11 aromatic heterocycles. The molecule has 0 radical (unpaired) electrons. The first-order chi connectivity index (χ1) is 71.6. The summed E-state index contributed by atoms with van der Waals surface area (Å²) in [4.78, 5) is 51.8. The first kappa shape index (κ1) is 103. The average molecular weight is 2010 g/mol. The van der Waals surface area contributed by atoms with E-state index in [1.54, 1.807) is 113 Å². The molecule has 0 atom stereocenters. The largest absolute Gasteiger partial charge is 0.497 e. The lowest BCUT2D eigenvalue weighted by Gasteiger charge is -2.10. The van der Waals surface area contributed by atoms with Crippen LogP contribution in [0.25, 0.3) is 154 Å². The smallest absolute Gasteiger partial charge is 0.337 e. The number of hydrogen-bond acceptors (Lipinski definition) is 24. The molecule has 21 aromatic rings. The van der Waals surface area contributed by atoms with Crippen molar-refractivity contribution in [1.82, 2.24) is 51.9 Å². The summed E-state index contributed by atoms with van der Waals surface area (Å²) >= 11 is 3.28. The predicted molar refractivity (Wildman–Crippen MR) is 572 cm³/mol. The van der Waals surface area contributed by atoms with Crippen molar-refractivity contribution in [3.8, 4) is 136 Å². The van der Waals surface area contributed by atoms with Gasteiger partial charge in [0.25, 0.3) is 0 Å². The molecule has 0 spiro atoms. The summed E-state index contributed by atoms with van der Waals surface area (Å²) < 4.78 is 90.5. The number of ether oxygens (including phenoxy) is 10. The van der Waals surface area contributed by atoms with Gasteiger partial charge in [-0.3, -0.25) is 0 Å². The van der Waals surface area contributed by atoms with E-state index in [1.165, 1.54) is 57.4 Å². The van der Waals surface area contributed by atoms with Gasteiger partial charge in [0.2, 0.25) is 5.89 Å². The van der Waals surface area contributed by atoms with Crippen molar-refractivity contribution in [2.75, 3.05) is 70.6 Å². The van der Waals surface area contributed by atoms with Crippen LogP contribution in [0.2, 0.25) is 0 Å². The number of rotatable bonds is 23. The van der Waals surface area contributed by atoms with Crippen LogP contribution in [0.4, 0.5) is 4.39 Å². The highest BCUT2D eigenvalue weighted by Crippen LogP contribution is 2.43. The Morgan fingerprint density at radius 1 is 0.374 bits per heavy atom. The summed E-state index contributed by atoms with van der Waals surface area (Å²) in [6, 6.07) is 67.1. The Kier molecular flexibility index (Phi) is 33.3. The normalized spacial score (nSPS) is 10.7. The number of nitriles is 3. The highest BCUT2D eigenvalue weighted by molar-refractivity contribution is 7.13. The third kappa shape index (κ3) is 21.6. The molecule has 746 valence electrons. The van der Waals surface area contributed by atoms with Crippen molar-refractivity contribution in [3.05, 3.63) is 306 Å². The van der Waals surface area contributed by atoms with E-state index in [9.17, 15) is 34.6 Å². The summed E-state index contributed by atoms with van der Waals surface area (Å²) in [7, 11) is 17.7. The number of methoxy groups -OCH3 is 9. The van der Waals surface area contributed by atoms with Crippen LogP contribution in [0.5, 0.6) is 40.2 Å². The molecule has 0 aliphatic heterocycles. The number of nitrogens with zero attached hydrogens (tertiary/aromatic N) is 14. The van der Waals surface area contributed by atoms with Crippen molar-refractivity contribution in [3.63, 3.8) is 0 Å². The minimum atomic E-state index is -0.454. The zero-order chi connectivity index (χ0) is 104. The molecular formula is C115H107FN14O15S2. The maximum absolute atomic E-state index is 14.1. The third-order valence-corrected chi connectivity index (χ3v) is 26.6. The number of carbonyl (C=O) groups is 3. The van der Waals surface area contributed by atoms with Gasteiger partial charge < -0.3 is 88.2 Å². The predicted octanol–water partition coefficient (Wildman–Crippen LogP) is 25.8. The SMILES string of the molecule is CCOc1ccc(-c2c(C#N)c3ccc(OC)cc3n2C)cc1.CCn1c(-c2ccc(OC)c(F)c2)c(C#N)c2ccc(OC)cc21.CCn1cc(-c2cnco2)c2ccc(C(=O)OC)cc21.CCn1cc(-c2ncco2)c2ccc(C(=O)OC)cc21.CCn1cc(-c2nccs2)c2ccc(C(=O)OC)cc21.CCn1cc(-c2nccs2)c2ccc(OC)cc21.COc1ccc(-c2c(C#N)c3ccc(OC)cc3n2C)cc1. The van der Waals surface area contributed by atoms with Gasteiger partial charge in [-0.15, -0.1) is 22.7 Å². The molecule has 29 nitrogen and oxygen atoms in total. The van der Waals surface area contributed by atoms with Crippen molar-refractivity contribution in [1.29, 1.82) is 15.8 Å². The molecule has 11 heterocycles. The summed E-state index contributed by atoms with van der Waals surface area (Å²) in [5.41, 5.74) is 19.8. The van der Waals surface area contributed by atoms with Crippen molar-refractivity contribution < 1.29 is 75.0 Å². The Hall–Kier alpha value is -17.9. The highest BCUT2D eigenvalue weighted by atomic mass is 32.1. The quantitative estimate of drug-likeness (QED) is 0.0424. The highest BCUT2D eigenvalue weighted by Gasteiger charge is 2.26. The summed E-state index contributed by atoms with van der Waals surface area (Å²) in [6.07, 6.45) is 18.2. The zero-order valence-corrected chi connectivity index (χ0v) is 85.9. The van der Waals surface area contributed by atoms with E-state index in [2.05, 4.69) is 102 Å². The fourth-order valence-electron chi connectivity index (χ4n) is 17.8. The topological polar surface area (TPSA) is 327 Å². The second-order valence-electron chi connectivity index (χ2n) is 32.8. The number of aryl methyl sites for hydroxylation is 7. The fourth-order valence-corrected chi connectivity index (χ4v) is 19.1. The molecule has 0 aliphatic rings. The first-order valence-electron chi connectivity index (χ1n) is 46.9. The molecule has 0 fully saturated rings. The van der Waals surface area contributed by atoms with Crippen molar-refractivity contribution in [2.24, 2.45) is 14.1 Å². The van der Waals surface area contributed by atoms with Gasteiger partial charge in [0, 0.05) is 196 Å². The first-order valence-corrected chi connectivity index (χ1v) is 48.7. The Bertz CT molecular complexity index is 8080. The molecular weight excluding hydrogens is 1900 g/mol. The molecule has 0 saturated carbocycles. The summed E-state index contributed by atoms with van der Waals surface area (Å²) in [5, 5.41) is 42.0. The number of oxazole rings is 2. The molecule has 147 heavy (non-hydrogen) atoms. The number of thiazole rings is 2. The second kappa shape index (κ2) is 47.3. The maximum Gasteiger partial charge on any atom is 0.337 e. The maximum atomic E-state index is 14.1. The van der Waals surface area contributed by atoms with E-state index in [4.69, 9.17) is 56.2 Å². The number of hydrogen-bond donors (Lipinski definition) is 0. The van der Waals surface area contributed by atoms with Crippen LogP contribution in [0.3, 0.4) is 0 Å². The van der Waals surface area contributed by atoms with Crippen LogP contribution in [0.15, 0.2) is 276 Å². The van der Waals surface area contributed by atoms with Gasteiger partial charge in [0.05, 0.1) is 161 Å². The zero-order valence-electron chi connectivity index (χ0n) is 84.2. The Morgan fingerprint density at radius 2 is 0.748 bits per heavy atom. The van der Waals surface area contributed by atoms with Gasteiger partial charge in [-0.25, -0.2) is 38.7 Å². The second-order valence-corrected chi connectivity index (χ2v) is 34.6. The number of esters is 3. The average Bonchev–Trinajstić information content (AvgIpc) is 1.60. The molecule has 32 heteroatoms. The Balaban J connectivity index is 0.000000129. The van der Waals surface area contributed by atoms with Gasteiger partial charge >= 0.3 is 17.9 Å². The van der Waals surface area contributed by atoms with Crippen LogP contribution < -0.4 is 33.2 Å². The number of aromatic nitrogens is 11. The summed E-state index contributed by atoms with van der Waals surface area (Å²) in [5.74, 6) is 4.81. The van der Waals surface area contributed by atoms with Gasteiger partial charge in [-0.05, 0) is 204 Å². The molecule has 21 rings (SSSR count). The van der Waals surface area contributed by atoms with E-state index in [-0.39, 0.29) is 23.7 Å². The number of benzene rings is 10. The lowest BCUT2D eigenvalue weighted by molar-refractivity contribution is 0.0592. The molecule has 10 aromatic carbocycles. The van der Waals surface area contributed by atoms with Gasteiger partial charge in [-0.1, -0.05) is 18.2 Å². The van der Waals surface area contributed by atoms with Crippen LogP contribution in [0.1, 0.15) is 89.3 Å². The van der Waals surface area contributed by atoms with E-state index < -0.39 is 5.82 Å². The van der Waals surface area contributed by atoms with E-state index in [0.717, 1.165) is 170 Å². The van der Waals surface area contributed by atoms with E-state index >= 15 is 0 Å². The molecule has 0 N–H and O–H groups in total. The Labute approximate surface area is 855 Å². The lowest BCUT2D eigenvalue weighted by atomic mass is 10.1. The molecule has 0 aliphatic carbocycles. The van der Waals surface area contributed by atoms with Crippen molar-refractivity contribution in [2.45, 2.75) is 74.3 Å². The van der Waals surface area contributed by atoms with Crippen LogP contribution in [0, 0.1) is 39.8 Å². The number of halogens is 1. The minimum Gasteiger partial charge on any atom is -0.497 e. The minimum absolute atomic E-state index is 0.179. The molecule has 0 bridgehead atoms. The van der Waals surface area contributed by atoms with Crippen LogP contribution in [-0.2, 0) is 61.0 Å². The number of fused-ring (bicyclic) bond motifs is 7. The van der Waals surface area contributed by atoms with Crippen molar-refractivity contribution >= 4 is 117 Å². The third-order valence-electron chi connectivity index (χ3n) is 25.0. The fraction of sp³-hybridized carbons (Fsp3) is 0.200. The molecule has 0 saturated heterocycles. The molecule has 0 amide bonds.